The van der Waals surface area contributed by atoms with Crippen molar-refractivity contribution >= 4 is 29.1 Å². The third-order valence-electron chi connectivity index (χ3n) is 1.93. The average Bonchev–Trinajstić information content (AvgIpc) is 2.70. The molecule has 0 aliphatic carbocycles. The lowest BCUT2D eigenvalue weighted by Crippen LogP contribution is -1.93. The summed E-state index contributed by atoms with van der Waals surface area (Å²) in [5.41, 5.74) is 7.02. The lowest BCUT2D eigenvalue weighted by Gasteiger charge is -1.95. The molecule has 16 heavy (non-hydrogen) atoms. The molecule has 2 aromatic heterocycles. The summed E-state index contributed by atoms with van der Waals surface area (Å²) in [6.45, 7) is 11.3. The third-order valence-corrected chi connectivity index (χ3v) is 1.93. The molecule has 0 atom stereocenters. The number of nitrogen functional groups attached to an aromatic ring is 1. The first kappa shape index (κ1) is 11.9. The van der Waals surface area contributed by atoms with E-state index in [1.165, 1.54) is 6.33 Å². The monoisotopic (exact) mass is 217 g/mol. The Morgan fingerprint density at radius 3 is 2.56 bits per heavy atom. The summed E-state index contributed by atoms with van der Waals surface area (Å²) < 4.78 is 1.57. The van der Waals surface area contributed by atoms with Crippen molar-refractivity contribution in [1.29, 1.82) is 0 Å². The maximum atomic E-state index is 5.71. The number of hydrogen-bond donors (Lipinski definition) is 1. The van der Waals surface area contributed by atoms with E-state index >= 15 is 0 Å². The second-order valence-electron chi connectivity index (χ2n) is 2.67. The molecule has 0 spiro atoms. The quantitative estimate of drug-likeness (QED) is 0.837. The maximum Gasteiger partial charge on any atom is 0.187 e. The van der Waals surface area contributed by atoms with E-state index in [0.717, 1.165) is 5.69 Å². The normalized spacial score (nSPS) is 9.38. The Hall–Kier alpha value is -2.17. The van der Waals surface area contributed by atoms with Crippen molar-refractivity contribution in [3.63, 3.8) is 0 Å². The van der Waals surface area contributed by atoms with Crippen molar-refractivity contribution in [3.05, 3.63) is 25.2 Å². The Balaban J connectivity index is 0.000000606. The highest BCUT2D eigenvalue weighted by Gasteiger charge is 2.10. The van der Waals surface area contributed by atoms with E-state index < -0.39 is 0 Å². The van der Waals surface area contributed by atoms with Crippen LogP contribution in [0.3, 0.4) is 0 Å². The van der Waals surface area contributed by atoms with E-state index in [2.05, 4.69) is 28.2 Å². The Bertz CT molecular complexity index is 512. The van der Waals surface area contributed by atoms with E-state index in [0.29, 0.717) is 16.9 Å². The molecule has 5 nitrogen and oxygen atoms in total. The molecule has 0 unspecified atom stereocenters. The van der Waals surface area contributed by atoms with Gasteiger partial charge in [-0.3, -0.25) is 0 Å². The number of anilines is 1. The molecule has 0 aliphatic rings. The van der Waals surface area contributed by atoms with Crippen LogP contribution >= 0.6 is 0 Å². The van der Waals surface area contributed by atoms with Gasteiger partial charge in [0.2, 0.25) is 0 Å². The first-order chi connectivity index (χ1) is 7.77. The molecule has 0 aliphatic heterocycles. The Kier molecular flexibility index (Phi) is 3.77. The molecular formula is C11H15N5. The molecule has 2 rings (SSSR count). The highest BCUT2D eigenvalue weighted by atomic mass is 15.3. The summed E-state index contributed by atoms with van der Waals surface area (Å²) in [6.07, 6.45) is 4.60. The molecule has 0 fully saturated rings. The molecule has 2 heterocycles. The van der Waals surface area contributed by atoms with Crippen molar-refractivity contribution in [2.45, 2.75) is 13.8 Å². The van der Waals surface area contributed by atoms with Gasteiger partial charge in [0.15, 0.2) is 5.65 Å². The van der Waals surface area contributed by atoms with E-state index in [1.54, 1.807) is 17.0 Å². The summed E-state index contributed by atoms with van der Waals surface area (Å²) in [6, 6.07) is 0. The number of nitrogens with zero attached hydrogens (tertiary/aromatic N) is 4. The van der Waals surface area contributed by atoms with Crippen LogP contribution in [0.1, 0.15) is 19.5 Å². The Morgan fingerprint density at radius 1 is 1.31 bits per heavy atom. The minimum absolute atomic E-state index is 0.401. The van der Waals surface area contributed by atoms with Gasteiger partial charge in [-0.05, 0) is 6.08 Å². The van der Waals surface area contributed by atoms with Gasteiger partial charge in [-0.25, -0.2) is 14.6 Å². The molecule has 0 aromatic carbocycles. The van der Waals surface area contributed by atoms with Gasteiger partial charge < -0.3 is 5.73 Å². The number of aromatic nitrogens is 4. The molecule has 2 N–H and O–H groups in total. The first-order valence-electron chi connectivity index (χ1n) is 5.01. The number of hydrogen-bond acceptors (Lipinski definition) is 4. The molecule has 84 valence electrons. The SMILES string of the molecule is C=Cc1c2c(N)ncnc2nn1C=C.CC. The highest BCUT2D eigenvalue weighted by molar-refractivity contribution is 5.92. The van der Waals surface area contributed by atoms with Crippen molar-refractivity contribution in [2.24, 2.45) is 0 Å². The fourth-order valence-electron chi connectivity index (χ4n) is 1.32. The number of nitrogens with two attached hydrogens (primary N) is 1. The van der Waals surface area contributed by atoms with Crippen LogP contribution in [0.4, 0.5) is 5.82 Å². The van der Waals surface area contributed by atoms with Gasteiger partial charge in [-0.2, -0.15) is 0 Å². The fraction of sp³-hybridized carbons (Fsp3) is 0.182. The summed E-state index contributed by atoms with van der Waals surface area (Å²) in [5.74, 6) is 0.401. The van der Waals surface area contributed by atoms with Crippen LogP contribution in [0.2, 0.25) is 0 Å². The minimum atomic E-state index is 0.401. The lowest BCUT2D eigenvalue weighted by molar-refractivity contribution is 0.935. The van der Waals surface area contributed by atoms with Crippen LogP contribution in [0, 0.1) is 0 Å². The standard InChI is InChI=1S/C9H9N5.C2H6/c1-3-6-7-8(10)11-5-12-9(7)13-14(6)4-2;1-2/h3-5H,1-2H2,(H2,10,11,12,13);1-2H3. The summed E-state index contributed by atoms with van der Waals surface area (Å²) in [5, 5.41) is 4.87. The Morgan fingerprint density at radius 2 is 2.00 bits per heavy atom. The van der Waals surface area contributed by atoms with E-state index in [-0.39, 0.29) is 0 Å². The molecule has 0 saturated carbocycles. The average molecular weight is 217 g/mol. The van der Waals surface area contributed by atoms with Gasteiger partial charge in [0.1, 0.15) is 12.1 Å². The molecule has 0 radical (unpaired) electrons. The van der Waals surface area contributed by atoms with Crippen LogP contribution in [0.5, 0.6) is 0 Å². The number of fused-ring (bicyclic) bond motifs is 1. The second-order valence-corrected chi connectivity index (χ2v) is 2.67. The molecule has 0 bridgehead atoms. The lowest BCUT2D eigenvalue weighted by atomic mass is 10.3. The van der Waals surface area contributed by atoms with Crippen LogP contribution in [-0.4, -0.2) is 19.7 Å². The molecule has 2 aromatic rings. The largest absolute Gasteiger partial charge is 0.383 e. The van der Waals surface area contributed by atoms with Crippen LogP contribution in [0.25, 0.3) is 23.3 Å². The first-order valence-corrected chi connectivity index (χ1v) is 5.01. The van der Waals surface area contributed by atoms with Gasteiger partial charge >= 0.3 is 0 Å². The summed E-state index contributed by atoms with van der Waals surface area (Å²) in [7, 11) is 0. The van der Waals surface area contributed by atoms with Gasteiger partial charge in [0, 0.05) is 6.20 Å². The Labute approximate surface area is 94.3 Å². The van der Waals surface area contributed by atoms with Crippen molar-refractivity contribution in [3.8, 4) is 0 Å². The zero-order valence-corrected chi connectivity index (χ0v) is 9.51. The molecular weight excluding hydrogens is 202 g/mol. The zero-order valence-electron chi connectivity index (χ0n) is 9.51. The third kappa shape index (κ3) is 1.79. The van der Waals surface area contributed by atoms with E-state index in [4.69, 9.17) is 5.73 Å². The van der Waals surface area contributed by atoms with Crippen molar-refractivity contribution < 1.29 is 0 Å². The summed E-state index contributed by atoms with van der Waals surface area (Å²) in [4.78, 5) is 7.90. The fourth-order valence-corrected chi connectivity index (χ4v) is 1.32. The van der Waals surface area contributed by atoms with Gasteiger partial charge in [-0.1, -0.05) is 27.0 Å². The van der Waals surface area contributed by atoms with Crippen molar-refractivity contribution in [2.75, 3.05) is 5.73 Å². The topological polar surface area (TPSA) is 69.6 Å². The molecule has 0 amide bonds. The van der Waals surface area contributed by atoms with Crippen LogP contribution in [-0.2, 0) is 0 Å². The predicted octanol–water partition coefficient (Wildman–Crippen LogP) is 2.18. The maximum absolute atomic E-state index is 5.71. The molecule has 5 heteroatoms. The van der Waals surface area contributed by atoms with E-state index in [1.807, 2.05) is 13.8 Å². The van der Waals surface area contributed by atoms with Gasteiger partial charge in [0.05, 0.1) is 11.1 Å². The number of rotatable bonds is 2. The van der Waals surface area contributed by atoms with Gasteiger partial charge in [0.25, 0.3) is 0 Å². The smallest absolute Gasteiger partial charge is 0.187 e. The predicted molar refractivity (Wildman–Crippen MR) is 67.6 cm³/mol. The molecule has 0 saturated heterocycles. The van der Waals surface area contributed by atoms with Crippen molar-refractivity contribution in [1.82, 2.24) is 19.7 Å². The second kappa shape index (κ2) is 5.06. The van der Waals surface area contributed by atoms with Crippen LogP contribution in [0.15, 0.2) is 19.5 Å². The summed E-state index contributed by atoms with van der Waals surface area (Å²) >= 11 is 0. The minimum Gasteiger partial charge on any atom is -0.383 e. The van der Waals surface area contributed by atoms with Gasteiger partial charge in [-0.15, -0.1) is 5.10 Å². The van der Waals surface area contributed by atoms with Crippen LogP contribution < -0.4 is 5.73 Å². The zero-order chi connectivity index (χ0) is 12.1. The van der Waals surface area contributed by atoms with E-state index in [9.17, 15) is 0 Å². The highest BCUT2D eigenvalue weighted by Crippen LogP contribution is 2.21.